The summed E-state index contributed by atoms with van der Waals surface area (Å²) in [6, 6.07) is 7.33. The van der Waals surface area contributed by atoms with Crippen LogP contribution in [0.5, 0.6) is 0 Å². The van der Waals surface area contributed by atoms with Crippen LogP contribution in [0.1, 0.15) is 10.4 Å². The number of rotatable bonds is 3. The molecule has 104 valence electrons. The summed E-state index contributed by atoms with van der Waals surface area (Å²) in [5.41, 5.74) is 1.70. The van der Waals surface area contributed by atoms with Crippen LogP contribution in [0, 0.1) is 0 Å². The number of hydrogen-bond acceptors (Lipinski definition) is 4. The molecule has 0 spiro atoms. The first-order valence-electron chi connectivity index (χ1n) is 6.44. The van der Waals surface area contributed by atoms with Crippen molar-refractivity contribution in [3.8, 4) is 0 Å². The second-order valence-corrected chi connectivity index (χ2v) is 5.15. The number of amides is 1. The predicted molar refractivity (Wildman–Crippen MR) is 75.5 cm³/mol. The first kappa shape index (κ1) is 13.8. The molecular formula is C14H21N3O2. The molecule has 0 bridgehead atoms. The molecule has 1 aliphatic heterocycles. The zero-order valence-electron chi connectivity index (χ0n) is 11.6. The number of hydrogen-bond donors (Lipinski definition) is 2. The van der Waals surface area contributed by atoms with Crippen molar-refractivity contribution in [1.29, 1.82) is 0 Å². The molecule has 1 fully saturated rings. The van der Waals surface area contributed by atoms with Gasteiger partial charge in [-0.05, 0) is 24.3 Å². The van der Waals surface area contributed by atoms with Crippen molar-refractivity contribution in [2.75, 3.05) is 39.1 Å². The van der Waals surface area contributed by atoms with Crippen molar-refractivity contribution >= 4 is 11.6 Å². The Morgan fingerprint density at radius 3 is 2.32 bits per heavy atom. The minimum Gasteiger partial charge on any atom is -0.390 e. The van der Waals surface area contributed by atoms with Gasteiger partial charge < -0.3 is 20.2 Å². The van der Waals surface area contributed by atoms with Gasteiger partial charge in [0, 0.05) is 45.5 Å². The summed E-state index contributed by atoms with van der Waals surface area (Å²) in [5.74, 6) is -0.0574. The minimum atomic E-state index is -0.491. The van der Waals surface area contributed by atoms with Gasteiger partial charge in [0.1, 0.15) is 0 Å². The van der Waals surface area contributed by atoms with Gasteiger partial charge in [-0.25, -0.2) is 0 Å². The van der Waals surface area contributed by atoms with Crippen LogP contribution in [0.25, 0.3) is 0 Å². The largest absolute Gasteiger partial charge is 0.390 e. The lowest BCUT2D eigenvalue weighted by Crippen LogP contribution is -2.44. The Hall–Kier alpha value is -1.59. The fourth-order valence-electron chi connectivity index (χ4n) is 2.30. The monoisotopic (exact) mass is 263 g/mol. The van der Waals surface area contributed by atoms with Gasteiger partial charge in [-0.15, -0.1) is 0 Å². The van der Waals surface area contributed by atoms with E-state index < -0.39 is 6.10 Å². The van der Waals surface area contributed by atoms with Crippen LogP contribution in [0.15, 0.2) is 24.3 Å². The number of nitrogens with one attached hydrogen (secondary N) is 1. The Morgan fingerprint density at radius 1 is 1.21 bits per heavy atom. The molecule has 1 amide bonds. The van der Waals surface area contributed by atoms with E-state index in [1.807, 2.05) is 43.3 Å². The molecule has 2 N–H and O–H groups in total. The van der Waals surface area contributed by atoms with E-state index in [0.717, 1.165) is 5.69 Å². The van der Waals surface area contributed by atoms with Crippen molar-refractivity contribution in [1.82, 2.24) is 10.2 Å². The Kier molecular flexibility index (Phi) is 4.07. The Bertz CT molecular complexity index is 445. The smallest absolute Gasteiger partial charge is 0.253 e. The summed E-state index contributed by atoms with van der Waals surface area (Å²) in [6.07, 6.45) is -0.491. The summed E-state index contributed by atoms with van der Waals surface area (Å²) in [5, 5.41) is 12.9. The van der Waals surface area contributed by atoms with Gasteiger partial charge in [0.2, 0.25) is 0 Å². The third kappa shape index (κ3) is 2.88. The fraction of sp³-hybridized carbons (Fsp3) is 0.500. The molecule has 19 heavy (non-hydrogen) atoms. The van der Waals surface area contributed by atoms with Crippen LogP contribution >= 0.6 is 0 Å². The van der Waals surface area contributed by atoms with Crippen LogP contribution in [-0.2, 0) is 0 Å². The molecule has 1 aromatic rings. The number of carbonyl (C=O) groups excluding carboxylic acids is 1. The number of likely N-dealkylation sites (N-methyl/N-ethyl adjacent to an activating group) is 1. The van der Waals surface area contributed by atoms with Gasteiger partial charge in [-0.3, -0.25) is 4.79 Å². The van der Waals surface area contributed by atoms with Crippen LogP contribution in [0.3, 0.4) is 0 Å². The van der Waals surface area contributed by atoms with E-state index in [-0.39, 0.29) is 11.9 Å². The van der Waals surface area contributed by atoms with Crippen molar-refractivity contribution in [2.24, 2.45) is 0 Å². The maximum absolute atomic E-state index is 12.3. The van der Waals surface area contributed by atoms with Crippen LogP contribution in [0.4, 0.5) is 5.69 Å². The highest BCUT2D eigenvalue weighted by Crippen LogP contribution is 2.16. The van der Waals surface area contributed by atoms with E-state index in [1.165, 1.54) is 0 Å². The maximum Gasteiger partial charge on any atom is 0.253 e. The lowest BCUT2D eigenvalue weighted by atomic mass is 10.1. The van der Waals surface area contributed by atoms with Crippen LogP contribution in [0.2, 0.25) is 0 Å². The normalized spacial score (nSPS) is 22.3. The molecule has 1 aliphatic rings. The fourth-order valence-corrected chi connectivity index (χ4v) is 2.30. The quantitative estimate of drug-likeness (QED) is 0.815. The lowest BCUT2D eigenvalue weighted by Gasteiger charge is -2.26. The van der Waals surface area contributed by atoms with Crippen molar-refractivity contribution in [3.05, 3.63) is 29.8 Å². The summed E-state index contributed by atoms with van der Waals surface area (Å²) in [4.78, 5) is 15.9. The van der Waals surface area contributed by atoms with E-state index in [1.54, 1.807) is 11.9 Å². The zero-order chi connectivity index (χ0) is 14.0. The van der Waals surface area contributed by atoms with Crippen LogP contribution < -0.4 is 10.2 Å². The topological polar surface area (TPSA) is 55.8 Å². The van der Waals surface area contributed by atoms with Gasteiger partial charge in [-0.1, -0.05) is 0 Å². The third-order valence-electron chi connectivity index (χ3n) is 3.60. The minimum absolute atomic E-state index is 0.0574. The molecule has 5 heteroatoms. The molecule has 0 unspecified atom stereocenters. The lowest BCUT2D eigenvalue weighted by molar-refractivity contribution is 0.0581. The van der Waals surface area contributed by atoms with Gasteiger partial charge in [-0.2, -0.15) is 0 Å². The third-order valence-corrected chi connectivity index (χ3v) is 3.60. The van der Waals surface area contributed by atoms with Crippen molar-refractivity contribution in [3.63, 3.8) is 0 Å². The molecule has 0 radical (unpaired) electrons. The number of β-amino-alcohol motifs (C(OH)–C–C–N with tert-alkyl or cyclic N) is 1. The number of nitrogens with zero attached hydrogens (tertiary/aromatic N) is 2. The van der Waals surface area contributed by atoms with E-state index >= 15 is 0 Å². The van der Waals surface area contributed by atoms with Crippen molar-refractivity contribution < 1.29 is 9.90 Å². The van der Waals surface area contributed by atoms with Gasteiger partial charge in [0.05, 0.1) is 12.1 Å². The molecule has 1 heterocycles. The molecular weight excluding hydrogens is 242 g/mol. The molecule has 1 saturated heterocycles. The molecule has 0 aromatic heterocycles. The zero-order valence-corrected chi connectivity index (χ0v) is 11.6. The van der Waals surface area contributed by atoms with E-state index in [9.17, 15) is 9.90 Å². The first-order valence-corrected chi connectivity index (χ1v) is 6.44. The molecule has 2 rings (SSSR count). The molecule has 1 aromatic carbocycles. The average Bonchev–Trinajstić information content (AvgIpc) is 2.83. The van der Waals surface area contributed by atoms with Crippen LogP contribution in [-0.4, -0.2) is 62.3 Å². The summed E-state index contributed by atoms with van der Waals surface area (Å²) in [7, 11) is 5.66. The highest BCUT2D eigenvalue weighted by molar-refractivity contribution is 5.94. The highest BCUT2D eigenvalue weighted by atomic mass is 16.3. The standard InChI is InChI=1S/C14H21N3O2/c1-16(2)11-6-4-10(5-7-11)14(19)17(3)12-8-15-9-13(12)18/h4-7,12-13,15,18H,8-9H2,1-3H3/t12-,13-/m0/s1. The van der Waals surface area contributed by atoms with Gasteiger partial charge in [0.25, 0.3) is 5.91 Å². The van der Waals surface area contributed by atoms with E-state index in [2.05, 4.69) is 5.32 Å². The predicted octanol–water partition coefficient (Wildman–Crippen LogP) is 0.157. The second kappa shape index (κ2) is 5.59. The number of carbonyl (C=O) groups is 1. The van der Waals surface area contributed by atoms with Gasteiger partial charge >= 0.3 is 0 Å². The number of aliphatic hydroxyl groups is 1. The van der Waals surface area contributed by atoms with Gasteiger partial charge in [0.15, 0.2) is 0 Å². The SMILES string of the molecule is CN(C)c1ccc(C(=O)N(C)[C@H]2CNC[C@@H]2O)cc1. The summed E-state index contributed by atoms with van der Waals surface area (Å²) < 4.78 is 0. The number of benzene rings is 1. The van der Waals surface area contributed by atoms with Crippen molar-refractivity contribution in [2.45, 2.75) is 12.1 Å². The molecule has 0 saturated carbocycles. The molecule has 2 atom stereocenters. The Labute approximate surface area is 113 Å². The molecule has 5 nitrogen and oxygen atoms in total. The number of aliphatic hydroxyl groups excluding tert-OH is 1. The highest BCUT2D eigenvalue weighted by Gasteiger charge is 2.31. The van der Waals surface area contributed by atoms with E-state index in [4.69, 9.17) is 0 Å². The summed E-state index contributed by atoms with van der Waals surface area (Å²) in [6.45, 7) is 1.18. The average molecular weight is 263 g/mol. The summed E-state index contributed by atoms with van der Waals surface area (Å²) >= 11 is 0. The Balaban J connectivity index is 2.10. The molecule has 0 aliphatic carbocycles. The second-order valence-electron chi connectivity index (χ2n) is 5.15. The Morgan fingerprint density at radius 2 is 1.84 bits per heavy atom. The number of anilines is 1. The van der Waals surface area contributed by atoms with E-state index in [0.29, 0.717) is 18.7 Å². The first-order chi connectivity index (χ1) is 9.00. The maximum atomic E-state index is 12.3.